The summed E-state index contributed by atoms with van der Waals surface area (Å²) in [6.45, 7) is 3.05. The third kappa shape index (κ3) is 1.93. The summed E-state index contributed by atoms with van der Waals surface area (Å²) in [5.74, 6) is 0.549. The molecule has 2 aromatic rings. The lowest BCUT2D eigenvalue weighted by Gasteiger charge is -2.30. The van der Waals surface area contributed by atoms with Gasteiger partial charge in [0.25, 0.3) is 0 Å². The van der Waals surface area contributed by atoms with Gasteiger partial charge in [-0.25, -0.2) is 9.97 Å². The molecule has 2 aromatic heterocycles. The van der Waals surface area contributed by atoms with Crippen LogP contribution in [0, 0.1) is 0 Å². The molecule has 1 fully saturated rings. The summed E-state index contributed by atoms with van der Waals surface area (Å²) >= 11 is 0. The number of H-pyrrole nitrogens is 1. The Kier molecular flexibility index (Phi) is 2.89. The van der Waals surface area contributed by atoms with Crippen LogP contribution in [0.1, 0.15) is 11.6 Å². The van der Waals surface area contributed by atoms with Crippen molar-refractivity contribution in [3.8, 4) is 5.88 Å². The molecule has 1 unspecified atom stereocenters. The molecule has 0 saturated carbocycles. The lowest BCUT2D eigenvalue weighted by atomic mass is 10.1. The summed E-state index contributed by atoms with van der Waals surface area (Å²) < 4.78 is 5.14. The minimum Gasteiger partial charge on any atom is -0.480 e. The number of nitrogens with zero attached hydrogens (tertiary/aromatic N) is 3. The molecule has 6 nitrogen and oxygen atoms in total. The van der Waals surface area contributed by atoms with Gasteiger partial charge in [-0.05, 0) is 7.05 Å². The lowest BCUT2D eigenvalue weighted by molar-refractivity contribution is 0.241. The quantitative estimate of drug-likeness (QED) is 0.811. The van der Waals surface area contributed by atoms with Crippen LogP contribution in [-0.2, 0) is 0 Å². The maximum Gasteiger partial charge on any atom is 0.232 e. The third-order valence-electron chi connectivity index (χ3n) is 3.35. The third-order valence-corrected chi connectivity index (χ3v) is 3.35. The molecule has 0 bridgehead atoms. The number of aromatic amines is 1. The molecule has 1 saturated heterocycles. The van der Waals surface area contributed by atoms with Gasteiger partial charge >= 0.3 is 0 Å². The molecule has 0 spiro atoms. The first kappa shape index (κ1) is 11.4. The Morgan fingerprint density at radius 1 is 1.50 bits per heavy atom. The number of methoxy groups -OCH3 is 1. The molecule has 0 aromatic carbocycles. The molecule has 0 radical (unpaired) electrons. The fraction of sp³-hybridized carbons (Fsp3) is 0.500. The SMILES string of the molecule is COc1cnc2[nH]cc(C3CN(C)CCN3)c2n1. The van der Waals surface area contributed by atoms with Crippen molar-refractivity contribution in [1.82, 2.24) is 25.2 Å². The molecule has 6 heteroatoms. The van der Waals surface area contributed by atoms with Crippen LogP contribution in [-0.4, -0.2) is 53.6 Å². The van der Waals surface area contributed by atoms with E-state index < -0.39 is 0 Å². The highest BCUT2D eigenvalue weighted by Crippen LogP contribution is 2.24. The second-order valence-electron chi connectivity index (χ2n) is 4.62. The van der Waals surface area contributed by atoms with Crippen molar-refractivity contribution < 1.29 is 4.74 Å². The number of nitrogens with one attached hydrogen (secondary N) is 2. The Balaban J connectivity index is 2.00. The van der Waals surface area contributed by atoms with Crippen LogP contribution in [0.2, 0.25) is 0 Å². The zero-order chi connectivity index (χ0) is 12.5. The van der Waals surface area contributed by atoms with Gasteiger partial charge < -0.3 is 19.9 Å². The van der Waals surface area contributed by atoms with Gasteiger partial charge in [0, 0.05) is 37.4 Å². The molecular weight excluding hydrogens is 230 g/mol. The number of rotatable bonds is 2. The normalized spacial score (nSPS) is 21.3. The van der Waals surface area contributed by atoms with E-state index in [-0.39, 0.29) is 0 Å². The van der Waals surface area contributed by atoms with Crippen molar-refractivity contribution in [3.63, 3.8) is 0 Å². The molecular formula is C12H17N5O. The molecule has 0 amide bonds. The van der Waals surface area contributed by atoms with E-state index in [4.69, 9.17) is 4.74 Å². The Morgan fingerprint density at radius 3 is 3.17 bits per heavy atom. The largest absolute Gasteiger partial charge is 0.480 e. The van der Waals surface area contributed by atoms with Gasteiger partial charge in [0.1, 0.15) is 5.52 Å². The van der Waals surface area contributed by atoms with Gasteiger partial charge in [-0.15, -0.1) is 0 Å². The molecule has 1 aliphatic heterocycles. The Hall–Kier alpha value is -1.66. The smallest absolute Gasteiger partial charge is 0.232 e. The van der Waals surface area contributed by atoms with Crippen molar-refractivity contribution in [2.75, 3.05) is 33.8 Å². The number of likely N-dealkylation sites (N-methyl/N-ethyl adjacent to an activating group) is 1. The van der Waals surface area contributed by atoms with Crippen LogP contribution in [0.5, 0.6) is 5.88 Å². The van der Waals surface area contributed by atoms with Gasteiger partial charge in [0.05, 0.1) is 13.3 Å². The fourth-order valence-corrected chi connectivity index (χ4v) is 2.36. The number of hydrogen-bond acceptors (Lipinski definition) is 5. The van der Waals surface area contributed by atoms with E-state index in [0.717, 1.165) is 36.4 Å². The first-order chi connectivity index (χ1) is 8.78. The monoisotopic (exact) mass is 247 g/mol. The van der Waals surface area contributed by atoms with Crippen LogP contribution in [0.25, 0.3) is 11.2 Å². The number of aromatic nitrogens is 3. The minimum atomic E-state index is 0.291. The summed E-state index contributed by atoms with van der Waals surface area (Å²) in [5, 5.41) is 3.51. The molecule has 0 aliphatic carbocycles. The topological polar surface area (TPSA) is 66.1 Å². The highest BCUT2D eigenvalue weighted by atomic mass is 16.5. The van der Waals surface area contributed by atoms with Gasteiger partial charge in [-0.1, -0.05) is 0 Å². The van der Waals surface area contributed by atoms with Crippen LogP contribution < -0.4 is 10.1 Å². The lowest BCUT2D eigenvalue weighted by Crippen LogP contribution is -2.43. The van der Waals surface area contributed by atoms with Gasteiger partial charge in [-0.3, -0.25) is 0 Å². The van der Waals surface area contributed by atoms with Crippen LogP contribution >= 0.6 is 0 Å². The molecule has 1 aliphatic rings. The van der Waals surface area contributed by atoms with Crippen molar-refractivity contribution >= 4 is 11.2 Å². The van der Waals surface area contributed by atoms with E-state index in [9.17, 15) is 0 Å². The summed E-state index contributed by atoms with van der Waals surface area (Å²) in [6.07, 6.45) is 3.62. The molecule has 96 valence electrons. The minimum absolute atomic E-state index is 0.291. The van der Waals surface area contributed by atoms with Crippen molar-refractivity contribution in [1.29, 1.82) is 0 Å². The second-order valence-corrected chi connectivity index (χ2v) is 4.62. The molecule has 18 heavy (non-hydrogen) atoms. The number of hydrogen-bond donors (Lipinski definition) is 2. The zero-order valence-electron chi connectivity index (χ0n) is 10.6. The fourth-order valence-electron chi connectivity index (χ4n) is 2.36. The predicted octanol–water partition coefficient (Wildman–Crippen LogP) is 0.543. The average molecular weight is 247 g/mol. The van der Waals surface area contributed by atoms with Crippen molar-refractivity contribution in [3.05, 3.63) is 18.0 Å². The van der Waals surface area contributed by atoms with E-state index >= 15 is 0 Å². The predicted molar refractivity (Wildman–Crippen MR) is 68.7 cm³/mol. The van der Waals surface area contributed by atoms with E-state index in [1.54, 1.807) is 13.3 Å². The maximum absolute atomic E-state index is 5.14. The standard InChI is InChI=1S/C12H17N5O/c1-17-4-3-13-9(7-17)8-5-14-12-11(8)16-10(18-2)6-15-12/h5-6,9,13H,3-4,7H2,1-2H3,(H,14,15). The number of fused-ring (bicyclic) bond motifs is 1. The Bertz CT molecular complexity index is 552. The second kappa shape index (κ2) is 4.55. The van der Waals surface area contributed by atoms with Crippen molar-refractivity contribution in [2.24, 2.45) is 0 Å². The van der Waals surface area contributed by atoms with E-state index in [0.29, 0.717) is 11.9 Å². The van der Waals surface area contributed by atoms with Gasteiger partial charge in [0.15, 0.2) is 5.65 Å². The molecule has 3 heterocycles. The Morgan fingerprint density at radius 2 is 2.39 bits per heavy atom. The molecule has 1 atom stereocenters. The highest BCUT2D eigenvalue weighted by Gasteiger charge is 2.22. The van der Waals surface area contributed by atoms with E-state index in [1.807, 2.05) is 6.20 Å². The van der Waals surface area contributed by atoms with Crippen LogP contribution in [0.3, 0.4) is 0 Å². The van der Waals surface area contributed by atoms with E-state index in [2.05, 4.69) is 32.2 Å². The van der Waals surface area contributed by atoms with E-state index in [1.165, 1.54) is 0 Å². The average Bonchev–Trinajstić information content (AvgIpc) is 2.81. The van der Waals surface area contributed by atoms with Gasteiger partial charge in [0.2, 0.25) is 5.88 Å². The number of piperazine rings is 1. The maximum atomic E-state index is 5.14. The summed E-state index contributed by atoms with van der Waals surface area (Å²) in [6, 6.07) is 0.291. The van der Waals surface area contributed by atoms with Crippen LogP contribution in [0.4, 0.5) is 0 Å². The molecule has 2 N–H and O–H groups in total. The summed E-state index contributed by atoms with van der Waals surface area (Å²) in [5.41, 5.74) is 2.85. The highest BCUT2D eigenvalue weighted by molar-refractivity contribution is 5.76. The number of ether oxygens (including phenoxy) is 1. The molecule has 3 rings (SSSR count). The van der Waals surface area contributed by atoms with Crippen LogP contribution in [0.15, 0.2) is 12.4 Å². The Labute approximate surface area is 105 Å². The zero-order valence-corrected chi connectivity index (χ0v) is 10.6. The van der Waals surface area contributed by atoms with Gasteiger partial charge in [-0.2, -0.15) is 0 Å². The first-order valence-corrected chi connectivity index (χ1v) is 6.08. The first-order valence-electron chi connectivity index (χ1n) is 6.08. The summed E-state index contributed by atoms with van der Waals surface area (Å²) in [4.78, 5) is 14.3. The van der Waals surface area contributed by atoms with Crippen molar-refractivity contribution in [2.45, 2.75) is 6.04 Å². The summed E-state index contributed by atoms with van der Waals surface area (Å²) in [7, 11) is 3.74.